The quantitative estimate of drug-likeness (QED) is 0.716. The predicted octanol–water partition coefficient (Wildman–Crippen LogP) is -0.0798. The van der Waals surface area contributed by atoms with E-state index in [0.717, 1.165) is 19.3 Å². The van der Waals surface area contributed by atoms with Gasteiger partial charge in [-0.1, -0.05) is 0 Å². The molecule has 1 aromatic heterocycles. The lowest BCUT2D eigenvalue weighted by Crippen LogP contribution is -2.25. The van der Waals surface area contributed by atoms with Gasteiger partial charge in [-0.05, 0) is 31.7 Å². The van der Waals surface area contributed by atoms with E-state index >= 15 is 0 Å². The highest BCUT2D eigenvalue weighted by molar-refractivity contribution is 7.89. The molecular formula is C10H18N4O2S. The second-order valence-electron chi connectivity index (χ2n) is 4.38. The fourth-order valence-electron chi connectivity index (χ4n) is 1.49. The summed E-state index contributed by atoms with van der Waals surface area (Å²) in [6, 6.07) is 0. The van der Waals surface area contributed by atoms with Gasteiger partial charge in [0.15, 0.2) is 0 Å². The van der Waals surface area contributed by atoms with E-state index in [9.17, 15) is 8.42 Å². The van der Waals surface area contributed by atoms with Crippen LogP contribution < -0.4 is 10.5 Å². The van der Waals surface area contributed by atoms with Gasteiger partial charge in [-0.15, -0.1) is 0 Å². The maximum atomic E-state index is 11.9. The first kappa shape index (κ1) is 12.5. The van der Waals surface area contributed by atoms with E-state index in [-0.39, 0.29) is 4.90 Å². The highest BCUT2D eigenvalue weighted by Crippen LogP contribution is 2.28. The third kappa shape index (κ3) is 3.52. The summed E-state index contributed by atoms with van der Waals surface area (Å²) in [7, 11) is -3.38. The van der Waals surface area contributed by atoms with Crippen LogP contribution >= 0.6 is 0 Å². The SMILES string of the molecule is NCCCn1cc(S(=O)(=O)NCC2CC2)cn1. The molecule has 0 atom stereocenters. The molecule has 96 valence electrons. The summed E-state index contributed by atoms with van der Waals surface area (Å²) in [6.45, 7) is 1.76. The van der Waals surface area contributed by atoms with Crippen molar-refractivity contribution < 1.29 is 8.42 Å². The molecule has 0 aromatic carbocycles. The van der Waals surface area contributed by atoms with Crippen LogP contribution in [0.15, 0.2) is 17.3 Å². The highest BCUT2D eigenvalue weighted by atomic mass is 32.2. The van der Waals surface area contributed by atoms with Crippen molar-refractivity contribution >= 4 is 10.0 Å². The molecule has 0 spiro atoms. The summed E-state index contributed by atoms with van der Waals surface area (Å²) in [4.78, 5) is 0.232. The Hall–Kier alpha value is -0.920. The van der Waals surface area contributed by atoms with Crippen LogP contribution in [-0.2, 0) is 16.6 Å². The van der Waals surface area contributed by atoms with Crippen LogP contribution in [0.3, 0.4) is 0 Å². The number of aromatic nitrogens is 2. The Morgan fingerprint density at radius 3 is 2.94 bits per heavy atom. The number of nitrogens with zero attached hydrogens (tertiary/aromatic N) is 2. The number of rotatable bonds is 7. The van der Waals surface area contributed by atoms with Crippen LogP contribution in [0.1, 0.15) is 19.3 Å². The van der Waals surface area contributed by atoms with Crippen molar-refractivity contribution in [1.29, 1.82) is 0 Å². The van der Waals surface area contributed by atoms with Crippen LogP contribution in [0.25, 0.3) is 0 Å². The van der Waals surface area contributed by atoms with Gasteiger partial charge in [0.25, 0.3) is 0 Å². The highest BCUT2D eigenvalue weighted by Gasteiger charge is 2.24. The Bertz CT molecular complexity index is 464. The fourth-order valence-corrected chi connectivity index (χ4v) is 2.56. The molecule has 1 aromatic rings. The van der Waals surface area contributed by atoms with Crippen molar-refractivity contribution in [1.82, 2.24) is 14.5 Å². The average molecular weight is 258 g/mol. The molecule has 1 aliphatic rings. The zero-order valence-electron chi connectivity index (χ0n) is 9.67. The summed E-state index contributed by atoms with van der Waals surface area (Å²) in [6.07, 6.45) is 5.96. The van der Waals surface area contributed by atoms with Crippen molar-refractivity contribution in [2.75, 3.05) is 13.1 Å². The van der Waals surface area contributed by atoms with E-state index in [1.165, 1.54) is 6.20 Å². The topological polar surface area (TPSA) is 90.0 Å². The number of nitrogens with two attached hydrogens (primary N) is 1. The Kier molecular flexibility index (Phi) is 3.80. The van der Waals surface area contributed by atoms with Gasteiger partial charge >= 0.3 is 0 Å². The number of nitrogens with one attached hydrogen (secondary N) is 1. The molecule has 0 saturated heterocycles. The Morgan fingerprint density at radius 2 is 2.29 bits per heavy atom. The van der Waals surface area contributed by atoms with Crippen LogP contribution in [-0.4, -0.2) is 31.3 Å². The van der Waals surface area contributed by atoms with Gasteiger partial charge < -0.3 is 5.73 Å². The lowest BCUT2D eigenvalue weighted by molar-refractivity contribution is 0.573. The third-order valence-corrected chi connectivity index (χ3v) is 4.15. The Balaban J connectivity index is 1.96. The Morgan fingerprint density at radius 1 is 1.53 bits per heavy atom. The number of sulfonamides is 1. The molecule has 17 heavy (non-hydrogen) atoms. The number of hydrogen-bond donors (Lipinski definition) is 2. The van der Waals surface area contributed by atoms with Gasteiger partial charge in [-0.3, -0.25) is 4.68 Å². The van der Waals surface area contributed by atoms with E-state index in [1.54, 1.807) is 10.9 Å². The molecule has 3 N–H and O–H groups in total. The zero-order chi connectivity index (χ0) is 12.3. The van der Waals surface area contributed by atoms with Crippen molar-refractivity contribution in [3.05, 3.63) is 12.4 Å². The molecule has 1 heterocycles. The van der Waals surface area contributed by atoms with Gasteiger partial charge in [-0.2, -0.15) is 5.10 Å². The van der Waals surface area contributed by atoms with E-state index in [2.05, 4.69) is 9.82 Å². The first-order chi connectivity index (χ1) is 8.12. The molecule has 0 aliphatic heterocycles. The molecule has 2 rings (SSSR count). The summed E-state index contributed by atoms with van der Waals surface area (Å²) in [5.41, 5.74) is 5.39. The summed E-state index contributed by atoms with van der Waals surface area (Å²) in [5, 5.41) is 4.00. The first-order valence-electron chi connectivity index (χ1n) is 5.84. The molecule has 1 fully saturated rings. The van der Waals surface area contributed by atoms with E-state index < -0.39 is 10.0 Å². The lowest BCUT2D eigenvalue weighted by Gasteiger charge is -2.02. The van der Waals surface area contributed by atoms with E-state index in [4.69, 9.17) is 5.73 Å². The monoisotopic (exact) mass is 258 g/mol. The fraction of sp³-hybridized carbons (Fsp3) is 0.700. The van der Waals surface area contributed by atoms with Crippen LogP contribution in [0.4, 0.5) is 0 Å². The second kappa shape index (κ2) is 5.16. The zero-order valence-corrected chi connectivity index (χ0v) is 10.5. The molecule has 0 bridgehead atoms. The van der Waals surface area contributed by atoms with Crippen molar-refractivity contribution in [2.24, 2.45) is 11.7 Å². The Labute approximate surface area is 101 Å². The minimum absolute atomic E-state index is 0.232. The maximum Gasteiger partial charge on any atom is 0.243 e. The molecule has 6 nitrogen and oxygen atoms in total. The number of aryl methyl sites for hydroxylation is 1. The molecule has 7 heteroatoms. The van der Waals surface area contributed by atoms with Gasteiger partial charge in [-0.25, -0.2) is 13.1 Å². The van der Waals surface area contributed by atoms with E-state index in [0.29, 0.717) is 25.6 Å². The average Bonchev–Trinajstić information content (AvgIpc) is 3.01. The van der Waals surface area contributed by atoms with Crippen LogP contribution in [0, 0.1) is 5.92 Å². The van der Waals surface area contributed by atoms with Gasteiger partial charge in [0.05, 0.1) is 6.20 Å². The second-order valence-corrected chi connectivity index (χ2v) is 6.14. The largest absolute Gasteiger partial charge is 0.330 e. The standard InChI is InChI=1S/C10H18N4O2S/c11-4-1-5-14-8-10(7-12-14)17(15,16)13-6-9-2-3-9/h7-9,13H,1-6,11H2. The summed E-state index contributed by atoms with van der Waals surface area (Å²) < 4.78 is 27.9. The minimum atomic E-state index is -3.38. The normalized spacial score (nSPS) is 16.3. The summed E-state index contributed by atoms with van der Waals surface area (Å²) in [5.74, 6) is 0.525. The molecular weight excluding hydrogens is 240 g/mol. The maximum absolute atomic E-state index is 11.9. The minimum Gasteiger partial charge on any atom is -0.330 e. The smallest absolute Gasteiger partial charge is 0.243 e. The number of hydrogen-bond acceptors (Lipinski definition) is 4. The molecule has 1 saturated carbocycles. The molecule has 0 amide bonds. The summed E-state index contributed by atoms with van der Waals surface area (Å²) >= 11 is 0. The first-order valence-corrected chi connectivity index (χ1v) is 7.32. The predicted molar refractivity (Wildman–Crippen MR) is 63.8 cm³/mol. The molecule has 1 aliphatic carbocycles. The van der Waals surface area contributed by atoms with Gasteiger partial charge in [0, 0.05) is 19.3 Å². The van der Waals surface area contributed by atoms with Crippen molar-refractivity contribution in [2.45, 2.75) is 30.7 Å². The van der Waals surface area contributed by atoms with Gasteiger partial charge in [0.2, 0.25) is 10.0 Å². The van der Waals surface area contributed by atoms with E-state index in [1.807, 2.05) is 0 Å². The van der Waals surface area contributed by atoms with Crippen LogP contribution in [0.5, 0.6) is 0 Å². The van der Waals surface area contributed by atoms with Crippen LogP contribution in [0.2, 0.25) is 0 Å². The lowest BCUT2D eigenvalue weighted by atomic mass is 10.4. The molecule has 0 radical (unpaired) electrons. The van der Waals surface area contributed by atoms with Crippen molar-refractivity contribution in [3.8, 4) is 0 Å². The molecule has 0 unspecified atom stereocenters. The third-order valence-electron chi connectivity index (χ3n) is 2.77. The van der Waals surface area contributed by atoms with Gasteiger partial charge in [0.1, 0.15) is 4.90 Å². The van der Waals surface area contributed by atoms with Crippen molar-refractivity contribution in [3.63, 3.8) is 0 Å².